The molecule has 0 saturated heterocycles. The number of nitrogens with zero attached hydrogens (tertiary/aromatic N) is 3. The van der Waals surface area contributed by atoms with Crippen LogP contribution in [-0.4, -0.2) is 32.2 Å². The summed E-state index contributed by atoms with van der Waals surface area (Å²) in [5, 5.41) is 9.59. The largest absolute Gasteiger partial charge is 0.347 e. The number of nitrogens with one attached hydrogen (secondary N) is 2. The molecule has 178 valence electrons. The zero-order chi connectivity index (χ0) is 25.1. The summed E-state index contributed by atoms with van der Waals surface area (Å²) in [6.45, 7) is 3.66. The summed E-state index contributed by atoms with van der Waals surface area (Å²) >= 11 is 5.79. The molecule has 4 aromatic rings. The molecule has 0 radical (unpaired) electrons. The van der Waals surface area contributed by atoms with Crippen molar-refractivity contribution in [2.75, 3.05) is 0 Å². The number of benzene rings is 2. The van der Waals surface area contributed by atoms with Crippen molar-refractivity contribution in [2.24, 2.45) is 0 Å². The number of Topliss-reactive ketones (excluding diaryl/α,β-unsaturated/α-hetero) is 1. The van der Waals surface area contributed by atoms with Crippen LogP contribution >= 0.6 is 11.6 Å². The van der Waals surface area contributed by atoms with Crippen molar-refractivity contribution in [1.29, 1.82) is 0 Å². The fourth-order valence-corrected chi connectivity index (χ4v) is 3.82. The van der Waals surface area contributed by atoms with Gasteiger partial charge in [-0.2, -0.15) is 5.10 Å². The average molecular weight is 494 g/mol. The quantitative estimate of drug-likeness (QED) is 0.380. The van der Waals surface area contributed by atoms with E-state index < -0.39 is 17.6 Å². The Kier molecular flexibility index (Phi) is 6.88. The van der Waals surface area contributed by atoms with Gasteiger partial charge in [-0.3, -0.25) is 14.4 Å². The van der Waals surface area contributed by atoms with Gasteiger partial charge in [0.1, 0.15) is 17.2 Å². The molecule has 0 spiro atoms. The first-order valence-electron chi connectivity index (χ1n) is 10.7. The minimum absolute atomic E-state index is 0.0238. The minimum atomic E-state index is -0.546. The van der Waals surface area contributed by atoms with Crippen LogP contribution in [0.5, 0.6) is 0 Å². The van der Waals surface area contributed by atoms with E-state index >= 15 is 0 Å². The highest BCUT2D eigenvalue weighted by atomic mass is 35.5. The molecule has 2 aromatic heterocycles. The Bertz CT molecular complexity index is 1470. The molecule has 2 N–H and O–H groups in total. The Morgan fingerprint density at radius 3 is 2.34 bits per heavy atom. The number of carbonyl (C=O) groups excluding carboxylic acids is 3. The van der Waals surface area contributed by atoms with Gasteiger partial charge in [-0.15, -0.1) is 0 Å². The maximum Gasteiger partial charge on any atom is 0.270 e. The van der Waals surface area contributed by atoms with Crippen LogP contribution in [0.1, 0.15) is 54.9 Å². The Balaban J connectivity index is 1.50. The predicted molar refractivity (Wildman–Crippen MR) is 128 cm³/mol. The van der Waals surface area contributed by atoms with Gasteiger partial charge in [-0.05, 0) is 42.7 Å². The fourth-order valence-electron chi connectivity index (χ4n) is 3.62. The van der Waals surface area contributed by atoms with Gasteiger partial charge < -0.3 is 10.6 Å². The van der Waals surface area contributed by atoms with Crippen molar-refractivity contribution in [2.45, 2.75) is 26.9 Å². The molecular formula is C25H21ClFN5O3. The van der Waals surface area contributed by atoms with Gasteiger partial charge in [-0.1, -0.05) is 35.9 Å². The maximum atomic E-state index is 13.4. The number of hydrogen-bond donors (Lipinski definition) is 2. The van der Waals surface area contributed by atoms with Gasteiger partial charge in [-0.25, -0.2) is 13.9 Å². The SMILES string of the molecule is CC(=O)c1ccc(CNC(=O)c2cc(C(=O)NCc3ccc(F)c(Cl)c3)nc3ccnn23)cc1C. The van der Waals surface area contributed by atoms with E-state index in [-0.39, 0.29) is 35.3 Å². The molecule has 0 unspecified atom stereocenters. The molecule has 0 saturated carbocycles. The molecular weight excluding hydrogens is 473 g/mol. The van der Waals surface area contributed by atoms with Crippen molar-refractivity contribution < 1.29 is 18.8 Å². The summed E-state index contributed by atoms with van der Waals surface area (Å²) in [7, 11) is 0. The molecule has 35 heavy (non-hydrogen) atoms. The summed E-state index contributed by atoms with van der Waals surface area (Å²) in [5.74, 6) is -1.54. The van der Waals surface area contributed by atoms with Crippen LogP contribution in [0.15, 0.2) is 54.7 Å². The molecule has 2 heterocycles. The summed E-state index contributed by atoms with van der Waals surface area (Å²) in [5.41, 5.74) is 3.37. The normalized spacial score (nSPS) is 10.9. The number of fused-ring (bicyclic) bond motifs is 1. The maximum absolute atomic E-state index is 13.4. The highest BCUT2D eigenvalue weighted by molar-refractivity contribution is 6.30. The third kappa shape index (κ3) is 5.36. The van der Waals surface area contributed by atoms with E-state index in [1.165, 1.54) is 41.9 Å². The van der Waals surface area contributed by atoms with E-state index in [0.717, 1.165) is 11.1 Å². The number of carbonyl (C=O) groups is 3. The molecule has 0 aliphatic rings. The van der Waals surface area contributed by atoms with Crippen LogP contribution in [0.3, 0.4) is 0 Å². The molecule has 0 aliphatic heterocycles. The third-order valence-electron chi connectivity index (χ3n) is 5.38. The molecule has 8 nitrogen and oxygen atoms in total. The Hall–Kier alpha value is -4.11. The molecule has 4 rings (SSSR count). The molecule has 0 bridgehead atoms. The zero-order valence-corrected chi connectivity index (χ0v) is 19.7. The first kappa shape index (κ1) is 24.0. The fraction of sp³-hybridized carbons (Fsp3) is 0.160. The van der Waals surface area contributed by atoms with E-state index in [4.69, 9.17) is 11.6 Å². The third-order valence-corrected chi connectivity index (χ3v) is 5.67. The van der Waals surface area contributed by atoms with Gasteiger partial charge >= 0.3 is 0 Å². The standard InChI is InChI=1S/C25H21ClFN5O3/c1-14-9-16(3-5-18(14)15(2)33)12-29-25(35)22-11-21(31-23-7-8-30-32(22)23)24(34)28-13-17-4-6-20(27)19(26)10-17/h3-11H,12-13H2,1-2H3,(H,28,34)(H,29,35). The number of halogens is 2. The first-order chi connectivity index (χ1) is 16.7. The lowest BCUT2D eigenvalue weighted by atomic mass is 10.0. The summed E-state index contributed by atoms with van der Waals surface area (Å²) in [4.78, 5) is 41.6. The topological polar surface area (TPSA) is 105 Å². The number of aromatic nitrogens is 3. The van der Waals surface area contributed by atoms with Gasteiger partial charge in [0.2, 0.25) is 0 Å². The van der Waals surface area contributed by atoms with E-state index in [2.05, 4.69) is 20.7 Å². The monoisotopic (exact) mass is 493 g/mol. The Morgan fingerprint density at radius 2 is 1.66 bits per heavy atom. The van der Waals surface area contributed by atoms with Crippen molar-refractivity contribution in [1.82, 2.24) is 25.2 Å². The number of aryl methyl sites for hydroxylation is 1. The lowest BCUT2D eigenvalue weighted by Gasteiger charge is -2.11. The van der Waals surface area contributed by atoms with Crippen LogP contribution in [0, 0.1) is 12.7 Å². The van der Waals surface area contributed by atoms with Gasteiger partial charge in [0.05, 0.1) is 11.2 Å². The number of ketones is 1. The van der Waals surface area contributed by atoms with E-state index in [1.54, 1.807) is 18.2 Å². The summed E-state index contributed by atoms with van der Waals surface area (Å²) in [6, 6.07) is 12.4. The Labute approximate surface area is 205 Å². The van der Waals surface area contributed by atoms with Crippen molar-refractivity contribution in [3.8, 4) is 0 Å². The van der Waals surface area contributed by atoms with Crippen LogP contribution < -0.4 is 10.6 Å². The minimum Gasteiger partial charge on any atom is -0.347 e. The van der Waals surface area contributed by atoms with Crippen LogP contribution in [-0.2, 0) is 13.1 Å². The zero-order valence-electron chi connectivity index (χ0n) is 18.9. The molecule has 0 aliphatic carbocycles. The number of amides is 2. The van der Waals surface area contributed by atoms with Crippen LogP contribution in [0.2, 0.25) is 5.02 Å². The highest BCUT2D eigenvalue weighted by Crippen LogP contribution is 2.16. The smallest absolute Gasteiger partial charge is 0.270 e. The Morgan fingerprint density at radius 1 is 0.971 bits per heavy atom. The molecule has 0 atom stereocenters. The summed E-state index contributed by atoms with van der Waals surface area (Å²) < 4.78 is 14.7. The molecule has 0 fully saturated rings. The van der Waals surface area contributed by atoms with Crippen LogP contribution in [0.4, 0.5) is 4.39 Å². The molecule has 10 heteroatoms. The second-order valence-electron chi connectivity index (χ2n) is 7.95. The van der Waals surface area contributed by atoms with E-state index in [9.17, 15) is 18.8 Å². The van der Waals surface area contributed by atoms with Crippen molar-refractivity contribution in [3.05, 3.63) is 99.2 Å². The van der Waals surface area contributed by atoms with Gasteiger partial charge in [0.15, 0.2) is 11.4 Å². The first-order valence-corrected chi connectivity index (χ1v) is 11.1. The lowest BCUT2D eigenvalue weighted by molar-refractivity contribution is 0.0940. The molecule has 2 amide bonds. The average Bonchev–Trinajstić information content (AvgIpc) is 3.31. The van der Waals surface area contributed by atoms with Gasteiger partial charge in [0.25, 0.3) is 11.8 Å². The lowest BCUT2D eigenvalue weighted by Crippen LogP contribution is -2.28. The molecule has 2 aromatic carbocycles. The van der Waals surface area contributed by atoms with E-state index in [0.29, 0.717) is 16.8 Å². The van der Waals surface area contributed by atoms with Crippen molar-refractivity contribution >= 4 is 34.8 Å². The highest BCUT2D eigenvalue weighted by Gasteiger charge is 2.18. The summed E-state index contributed by atoms with van der Waals surface area (Å²) in [6.07, 6.45) is 1.48. The second-order valence-corrected chi connectivity index (χ2v) is 8.35. The van der Waals surface area contributed by atoms with E-state index in [1.807, 2.05) is 13.0 Å². The number of rotatable bonds is 7. The second kappa shape index (κ2) is 10.0. The van der Waals surface area contributed by atoms with Crippen molar-refractivity contribution in [3.63, 3.8) is 0 Å². The number of hydrogen-bond acceptors (Lipinski definition) is 5. The van der Waals surface area contributed by atoms with Gasteiger partial charge in [0, 0.05) is 30.8 Å². The predicted octanol–water partition coefficient (Wildman–Crippen LogP) is 3.89. The van der Waals surface area contributed by atoms with Crippen LogP contribution in [0.25, 0.3) is 5.65 Å².